The Hall–Kier alpha value is -0.350. The van der Waals surface area contributed by atoms with Crippen LogP contribution < -0.4 is 5.32 Å². The minimum Gasteiger partial charge on any atom is -0.382 e. The van der Waals surface area contributed by atoms with Crippen LogP contribution in [-0.4, -0.2) is 43.4 Å². The predicted octanol–water partition coefficient (Wildman–Crippen LogP) is 2.02. The maximum Gasteiger partial charge on any atom is 0.168 e. The summed E-state index contributed by atoms with van der Waals surface area (Å²) in [5.74, 6) is 0. The summed E-state index contributed by atoms with van der Waals surface area (Å²) >= 11 is 5.24. The van der Waals surface area contributed by atoms with E-state index >= 15 is 0 Å². The molecule has 0 heterocycles. The molecule has 0 fully saturated rings. The number of ether oxygens (including phenoxy) is 1. The van der Waals surface area contributed by atoms with E-state index < -0.39 is 0 Å². The van der Waals surface area contributed by atoms with Gasteiger partial charge in [0.1, 0.15) is 0 Å². The molecule has 0 atom stereocenters. The van der Waals surface area contributed by atoms with Crippen molar-refractivity contribution < 1.29 is 4.74 Å². The van der Waals surface area contributed by atoms with Crippen LogP contribution in [-0.2, 0) is 4.74 Å². The van der Waals surface area contributed by atoms with Crippen LogP contribution in [0, 0.1) is 0 Å². The van der Waals surface area contributed by atoms with Gasteiger partial charge in [0, 0.05) is 33.4 Å². The maximum atomic E-state index is 5.24. The van der Waals surface area contributed by atoms with Crippen molar-refractivity contribution >= 4 is 17.3 Å². The van der Waals surface area contributed by atoms with Crippen molar-refractivity contribution in [3.8, 4) is 0 Å². The largest absolute Gasteiger partial charge is 0.382 e. The molecular formula is C11H24N2OS. The Morgan fingerprint density at radius 3 is 2.67 bits per heavy atom. The van der Waals surface area contributed by atoms with Gasteiger partial charge in [0.15, 0.2) is 5.11 Å². The first-order chi connectivity index (χ1) is 7.22. The van der Waals surface area contributed by atoms with Crippen molar-refractivity contribution in [2.75, 3.05) is 33.4 Å². The average Bonchev–Trinajstić information content (AvgIpc) is 2.25. The van der Waals surface area contributed by atoms with E-state index in [-0.39, 0.29) is 0 Å². The first kappa shape index (κ1) is 14.6. The van der Waals surface area contributed by atoms with Crippen LogP contribution in [0.4, 0.5) is 0 Å². The zero-order chi connectivity index (χ0) is 11.5. The monoisotopic (exact) mass is 232 g/mol. The lowest BCUT2D eigenvalue weighted by molar-refractivity contribution is 0.145. The van der Waals surface area contributed by atoms with E-state index in [1.165, 1.54) is 12.8 Å². The third kappa shape index (κ3) is 8.63. The van der Waals surface area contributed by atoms with Gasteiger partial charge in [-0.1, -0.05) is 13.3 Å². The Balaban J connectivity index is 3.38. The zero-order valence-corrected chi connectivity index (χ0v) is 11.0. The molecule has 0 bridgehead atoms. The molecule has 0 rings (SSSR count). The van der Waals surface area contributed by atoms with Crippen LogP contribution in [0.15, 0.2) is 0 Å². The summed E-state index contributed by atoms with van der Waals surface area (Å²) in [5.41, 5.74) is 0. The average molecular weight is 232 g/mol. The van der Waals surface area contributed by atoms with Crippen LogP contribution in [0.3, 0.4) is 0 Å². The second-order valence-corrected chi connectivity index (χ2v) is 3.94. The number of nitrogens with zero attached hydrogens (tertiary/aromatic N) is 1. The number of hydrogen-bond acceptors (Lipinski definition) is 2. The molecule has 0 amide bonds. The fraction of sp³-hybridized carbons (Fsp3) is 0.909. The maximum absolute atomic E-state index is 5.24. The summed E-state index contributed by atoms with van der Waals surface area (Å²) in [6, 6.07) is 0. The van der Waals surface area contributed by atoms with Crippen LogP contribution in [0.25, 0.3) is 0 Å². The molecule has 0 aromatic carbocycles. The van der Waals surface area contributed by atoms with Gasteiger partial charge in [-0.25, -0.2) is 0 Å². The first-order valence-electron chi connectivity index (χ1n) is 5.79. The van der Waals surface area contributed by atoms with Gasteiger partial charge in [-0.2, -0.15) is 0 Å². The van der Waals surface area contributed by atoms with Crippen molar-refractivity contribution in [2.24, 2.45) is 0 Å². The van der Waals surface area contributed by atoms with Gasteiger partial charge in [-0.3, -0.25) is 0 Å². The molecule has 3 nitrogen and oxygen atoms in total. The van der Waals surface area contributed by atoms with E-state index in [0.29, 0.717) is 0 Å². The molecule has 0 aromatic heterocycles. The summed E-state index contributed by atoms with van der Waals surface area (Å²) in [6.45, 7) is 7.73. The van der Waals surface area contributed by atoms with Gasteiger partial charge in [0.05, 0.1) is 0 Å². The van der Waals surface area contributed by atoms with Gasteiger partial charge in [-0.05, 0) is 32.0 Å². The Labute approximate surface area is 99.2 Å². The highest BCUT2D eigenvalue weighted by molar-refractivity contribution is 7.80. The molecule has 0 saturated carbocycles. The molecule has 15 heavy (non-hydrogen) atoms. The van der Waals surface area contributed by atoms with Crippen molar-refractivity contribution in [3.63, 3.8) is 0 Å². The summed E-state index contributed by atoms with van der Waals surface area (Å²) in [7, 11) is 2.04. The third-order valence-corrected chi connectivity index (χ3v) is 2.60. The summed E-state index contributed by atoms with van der Waals surface area (Å²) in [5, 5.41) is 4.07. The highest BCUT2D eigenvalue weighted by Gasteiger charge is 2.01. The fourth-order valence-corrected chi connectivity index (χ4v) is 1.34. The lowest BCUT2D eigenvalue weighted by Crippen LogP contribution is -2.38. The van der Waals surface area contributed by atoms with E-state index in [4.69, 9.17) is 17.0 Å². The lowest BCUT2D eigenvalue weighted by Gasteiger charge is -2.20. The van der Waals surface area contributed by atoms with E-state index in [1.54, 1.807) is 0 Å². The molecule has 0 radical (unpaired) electrons. The summed E-state index contributed by atoms with van der Waals surface area (Å²) in [6.07, 6.45) is 3.41. The minimum absolute atomic E-state index is 0.793. The molecule has 0 unspecified atom stereocenters. The zero-order valence-electron chi connectivity index (χ0n) is 10.2. The smallest absolute Gasteiger partial charge is 0.168 e. The summed E-state index contributed by atoms with van der Waals surface area (Å²) < 4.78 is 5.24. The highest BCUT2D eigenvalue weighted by Crippen LogP contribution is 1.92. The fourth-order valence-electron chi connectivity index (χ4n) is 1.15. The molecule has 0 spiro atoms. The molecule has 0 aliphatic heterocycles. The molecule has 1 N–H and O–H groups in total. The van der Waals surface area contributed by atoms with Crippen LogP contribution in [0.5, 0.6) is 0 Å². The third-order valence-electron chi connectivity index (χ3n) is 2.14. The number of thiocarbonyl (C=S) groups is 1. The van der Waals surface area contributed by atoms with Crippen molar-refractivity contribution in [2.45, 2.75) is 33.1 Å². The minimum atomic E-state index is 0.793. The topological polar surface area (TPSA) is 24.5 Å². The second-order valence-electron chi connectivity index (χ2n) is 3.56. The van der Waals surface area contributed by atoms with E-state index in [0.717, 1.165) is 37.8 Å². The standard InChI is InChI=1S/C11H24N2OS/c1-4-6-9-13(3)11(15)12-8-7-10-14-5-2/h4-10H2,1-3H3,(H,12,15). The Morgan fingerprint density at radius 1 is 1.33 bits per heavy atom. The second kappa shape index (κ2) is 10.2. The van der Waals surface area contributed by atoms with Gasteiger partial charge in [-0.15, -0.1) is 0 Å². The highest BCUT2D eigenvalue weighted by atomic mass is 32.1. The molecule has 0 aliphatic carbocycles. The van der Waals surface area contributed by atoms with E-state index in [1.807, 2.05) is 14.0 Å². The molecular weight excluding hydrogens is 208 g/mol. The number of unbranched alkanes of at least 4 members (excludes halogenated alkanes) is 1. The number of hydrogen-bond donors (Lipinski definition) is 1. The summed E-state index contributed by atoms with van der Waals surface area (Å²) in [4.78, 5) is 2.10. The van der Waals surface area contributed by atoms with Gasteiger partial charge in [0.25, 0.3) is 0 Å². The molecule has 4 heteroatoms. The molecule has 0 aromatic rings. The van der Waals surface area contributed by atoms with Gasteiger partial charge >= 0.3 is 0 Å². The van der Waals surface area contributed by atoms with E-state index in [9.17, 15) is 0 Å². The number of nitrogens with one attached hydrogen (secondary N) is 1. The Morgan fingerprint density at radius 2 is 2.07 bits per heavy atom. The SMILES string of the molecule is CCCCN(C)C(=S)NCCCOCC. The molecule has 0 aliphatic rings. The predicted molar refractivity (Wildman–Crippen MR) is 69.2 cm³/mol. The van der Waals surface area contributed by atoms with Crippen LogP contribution >= 0.6 is 12.2 Å². The quantitative estimate of drug-likeness (QED) is 0.511. The molecule has 90 valence electrons. The van der Waals surface area contributed by atoms with Crippen molar-refractivity contribution in [3.05, 3.63) is 0 Å². The van der Waals surface area contributed by atoms with E-state index in [2.05, 4.69) is 17.1 Å². The van der Waals surface area contributed by atoms with Gasteiger partial charge in [0.2, 0.25) is 0 Å². The normalized spacial score (nSPS) is 10.1. The number of rotatable bonds is 8. The lowest BCUT2D eigenvalue weighted by atomic mass is 10.3. The Bertz CT molecular complexity index is 165. The van der Waals surface area contributed by atoms with Crippen molar-refractivity contribution in [1.29, 1.82) is 0 Å². The molecule has 0 saturated heterocycles. The first-order valence-corrected chi connectivity index (χ1v) is 6.19. The van der Waals surface area contributed by atoms with Crippen molar-refractivity contribution in [1.82, 2.24) is 10.2 Å². The van der Waals surface area contributed by atoms with Crippen LogP contribution in [0.2, 0.25) is 0 Å². The Kier molecular flexibility index (Phi) is 9.94. The van der Waals surface area contributed by atoms with Crippen LogP contribution in [0.1, 0.15) is 33.1 Å². The van der Waals surface area contributed by atoms with Gasteiger partial charge < -0.3 is 15.0 Å².